The molecule has 3 aromatic rings. The van der Waals surface area contributed by atoms with Crippen LogP contribution in [0.1, 0.15) is 44.1 Å². The van der Waals surface area contributed by atoms with Crippen LogP contribution in [0.15, 0.2) is 52.2 Å². The maximum absolute atomic E-state index is 12.6. The van der Waals surface area contributed by atoms with Crippen molar-refractivity contribution in [3.8, 4) is 34.3 Å². The van der Waals surface area contributed by atoms with Crippen molar-refractivity contribution in [1.82, 2.24) is 10.1 Å². The van der Waals surface area contributed by atoms with Crippen molar-refractivity contribution < 1.29 is 33.8 Å². The van der Waals surface area contributed by atoms with Crippen LogP contribution >= 0.6 is 0 Å². The predicted molar refractivity (Wildman–Crippen MR) is 130 cm³/mol. The maximum atomic E-state index is 12.6. The summed E-state index contributed by atoms with van der Waals surface area (Å²) < 4.78 is 16.3. The number of hydrogen-bond donors (Lipinski definition) is 2. The van der Waals surface area contributed by atoms with Crippen molar-refractivity contribution in [2.24, 2.45) is 5.18 Å². The van der Waals surface area contributed by atoms with Crippen molar-refractivity contribution in [2.75, 3.05) is 13.6 Å². The first-order valence-electron chi connectivity index (χ1n) is 11.1. The molecule has 0 unspecified atom stereocenters. The van der Waals surface area contributed by atoms with Gasteiger partial charge >= 0.3 is 6.09 Å². The van der Waals surface area contributed by atoms with E-state index in [4.69, 9.17) is 14.0 Å². The van der Waals surface area contributed by atoms with Gasteiger partial charge in [0, 0.05) is 38.2 Å². The van der Waals surface area contributed by atoms with Crippen molar-refractivity contribution in [1.29, 1.82) is 0 Å². The number of phenols is 2. The Bertz CT molecular complexity index is 1250. The molecule has 0 saturated heterocycles. The Morgan fingerprint density at radius 2 is 1.81 bits per heavy atom. The highest BCUT2D eigenvalue weighted by Crippen LogP contribution is 2.43. The minimum Gasteiger partial charge on any atom is -0.508 e. The van der Waals surface area contributed by atoms with E-state index >= 15 is 0 Å². The number of nitrogens with zero attached hydrogens (tertiary/aromatic N) is 3. The Balaban J connectivity index is 1.71. The van der Waals surface area contributed by atoms with Gasteiger partial charge in [-0.3, -0.25) is 4.79 Å². The second kappa shape index (κ2) is 10.9. The summed E-state index contributed by atoms with van der Waals surface area (Å²) in [4.78, 5) is 36.7. The standard InChI is InChI=1S/C25H27N3O8/c1-25(2,3)35-24(32)28(4)11-5-6-19(30)18-14-22(36-27-18)23-20(31)12-16(29)13-21(23)34-17-9-7-15(26-33)8-10-17/h7-10,12-14,29,31H,5-6,11H2,1-4H3. The second-order valence-corrected chi connectivity index (χ2v) is 9.03. The molecule has 3 rings (SSSR count). The number of aromatic hydroxyl groups is 2. The Kier molecular flexibility index (Phi) is 7.93. The predicted octanol–water partition coefficient (Wildman–Crippen LogP) is 5.77. The summed E-state index contributed by atoms with van der Waals surface area (Å²) in [6.07, 6.45) is -0.00591. The lowest BCUT2D eigenvalue weighted by Gasteiger charge is -2.24. The summed E-state index contributed by atoms with van der Waals surface area (Å²) in [5.74, 6) is -0.553. The molecule has 2 aromatic carbocycles. The molecule has 190 valence electrons. The fraction of sp³-hybridized carbons (Fsp3) is 0.320. The van der Waals surface area contributed by atoms with E-state index in [9.17, 15) is 24.7 Å². The highest BCUT2D eigenvalue weighted by molar-refractivity contribution is 5.95. The summed E-state index contributed by atoms with van der Waals surface area (Å²) in [6, 6.07) is 9.58. The number of carbonyl (C=O) groups excluding carboxylic acids is 2. The molecule has 11 heteroatoms. The Hall–Kier alpha value is -4.41. The largest absolute Gasteiger partial charge is 0.508 e. The highest BCUT2D eigenvalue weighted by Gasteiger charge is 2.23. The molecule has 0 bridgehead atoms. The number of carbonyl (C=O) groups is 2. The quantitative estimate of drug-likeness (QED) is 0.277. The summed E-state index contributed by atoms with van der Waals surface area (Å²) in [5.41, 5.74) is -0.306. The SMILES string of the molecule is CN(CCCC(=O)c1cc(-c2c(O)cc(O)cc2Oc2ccc(N=O)cc2)on1)C(=O)OC(C)(C)C. The van der Waals surface area contributed by atoms with Gasteiger partial charge in [-0.1, -0.05) is 5.16 Å². The average molecular weight is 498 g/mol. The van der Waals surface area contributed by atoms with Crippen molar-refractivity contribution in [2.45, 2.75) is 39.2 Å². The minimum atomic E-state index is -0.614. The van der Waals surface area contributed by atoms with E-state index in [0.29, 0.717) is 18.7 Å². The van der Waals surface area contributed by atoms with Crippen LogP contribution in [0.4, 0.5) is 10.5 Å². The second-order valence-electron chi connectivity index (χ2n) is 9.03. The van der Waals surface area contributed by atoms with Crippen LogP contribution in [-0.2, 0) is 4.74 Å². The number of amides is 1. The summed E-state index contributed by atoms with van der Waals surface area (Å²) in [7, 11) is 1.59. The van der Waals surface area contributed by atoms with Crippen LogP contribution in [0.2, 0.25) is 0 Å². The molecule has 2 N–H and O–H groups in total. The molecular weight excluding hydrogens is 470 g/mol. The van der Waals surface area contributed by atoms with Gasteiger partial charge in [-0.05, 0) is 56.6 Å². The van der Waals surface area contributed by atoms with E-state index in [1.165, 1.54) is 41.3 Å². The molecule has 36 heavy (non-hydrogen) atoms. The monoisotopic (exact) mass is 497 g/mol. The van der Waals surface area contributed by atoms with Gasteiger partial charge in [0.05, 0.1) is 0 Å². The molecule has 0 saturated carbocycles. The first-order chi connectivity index (χ1) is 17.0. The lowest BCUT2D eigenvalue weighted by Crippen LogP contribution is -2.34. The smallest absolute Gasteiger partial charge is 0.410 e. The molecule has 0 fully saturated rings. The lowest BCUT2D eigenvalue weighted by molar-refractivity contribution is 0.0295. The first-order valence-corrected chi connectivity index (χ1v) is 11.1. The van der Waals surface area contributed by atoms with E-state index in [0.717, 1.165) is 6.07 Å². The Labute approximate surface area is 207 Å². The maximum Gasteiger partial charge on any atom is 0.410 e. The molecule has 0 spiro atoms. The van der Waals surface area contributed by atoms with Gasteiger partial charge in [-0.25, -0.2) is 4.79 Å². The van der Waals surface area contributed by atoms with Gasteiger partial charge in [-0.2, -0.15) is 0 Å². The number of ketones is 1. The molecule has 1 amide bonds. The van der Waals surface area contributed by atoms with E-state index in [2.05, 4.69) is 10.3 Å². The van der Waals surface area contributed by atoms with Crippen molar-refractivity contribution in [3.63, 3.8) is 0 Å². The molecule has 0 atom stereocenters. The molecule has 0 aliphatic carbocycles. The zero-order valence-electron chi connectivity index (χ0n) is 20.3. The van der Waals surface area contributed by atoms with Crippen LogP contribution in [0.5, 0.6) is 23.0 Å². The van der Waals surface area contributed by atoms with Gasteiger partial charge in [-0.15, -0.1) is 4.91 Å². The zero-order valence-corrected chi connectivity index (χ0v) is 20.3. The number of benzene rings is 2. The van der Waals surface area contributed by atoms with Crippen LogP contribution < -0.4 is 4.74 Å². The molecule has 1 aromatic heterocycles. The lowest BCUT2D eigenvalue weighted by atomic mass is 10.1. The number of phenolic OH excluding ortho intramolecular Hbond substituents is 2. The number of nitroso groups, excluding NO2 is 1. The van der Waals surface area contributed by atoms with Crippen molar-refractivity contribution >= 4 is 17.6 Å². The highest BCUT2D eigenvalue weighted by atomic mass is 16.6. The Morgan fingerprint density at radius 3 is 2.44 bits per heavy atom. The summed E-state index contributed by atoms with van der Waals surface area (Å²) in [5, 5.41) is 27.0. The molecule has 0 aliphatic rings. The number of Topliss-reactive ketones (excluding diaryl/α,β-unsaturated/α-hetero) is 1. The van der Waals surface area contributed by atoms with Crippen LogP contribution in [0.25, 0.3) is 11.3 Å². The fourth-order valence-corrected chi connectivity index (χ4v) is 3.18. The molecule has 11 nitrogen and oxygen atoms in total. The van der Waals surface area contributed by atoms with E-state index < -0.39 is 11.7 Å². The third-order valence-electron chi connectivity index (χ3n) is 4.88. The topological polar surface area (TPSA) is 152 Å². The third-order valence-corrected chi connectivity index (χ3v) is 4.88. The van der Waals surface area contributed by atoms with E-state index in [1.807, 2.05) is 0 Å². The number of rotatable bonds is 9. The Morgan fingerprint density at radius 1 is 1.11 bits per heavy atom. The number of ether oxygens (including phenoxy) is 2. The van der Waals surface area contributed by atoms with Gasteiger partial charge in [0.15, 0.2) is 11.5 Å². The van der Waals surface area contributed by atoms with Crippen LogP contribution in [-0.4, -0.2) is 51.3 Å². The average Bonchev–Trinajstić information content (AvgIpc) is 3.27. The first kappa shape index (κ1) is 26.2. The molecule has 1 heterocycles. The molecule has 0 radical (unpaired) electrons. The zero-order chi connectivity index (χ0) is 26.5. The molecular formula is C25H27N3O8. The summed E-state index contributed by atoms with van der Waals surface area (Å²) >= 11 is 0. The van der Waals surface area contributed by atoms with Crippen LogP contribution in [0.3, 0.4) is 0 Å². The van der Waals surface area contributed by atoms with Gasteiger partial charge in [0.25, 0.3) is 0 Å². The number of aromatic nitrogens is 1. The van der Waals surface area contributed by atoms with E-state index in [-0.39, 0.29) is 52.2 Å². The molecule has 0 aliphatic heterocycles. The normalized spacial score (nSPS) is 11.1. The van der Waals surface area contributed by atoms with Crippen LogP contribution in [0, 0.1) is 4.91 Å². The van der Waals surface area contributed by atoms with Crippen molar-refractivity contribution in [3.05, 3.63) is 53.1 Å². The minimum absolute atomic E-state index is 0.0322. The van der Waals surface area contributed by atoms with Gasteiger partial charge in [0.1, 0.15) is 45.5 Å². The van der Waals surface area contributed by atoms with Gasteiger partial charge < -0.3 is 29.1 Å². The van der Waals surface area contributed by atoms with E-state index in [1.54, 1.807) is 27.8 Å². The van der Waals surface area contributed by atoms with Gasteiger partial charge in [0.2, 0.25) is 0 Å². The summed E-state index contributed by atoms with van der Waals surface area (Å²) in [6.45, 7) is 5.62. The third kappa shape index (κ3) is 6.81. The number of hydrogen-bond acceptors (Lipinski definition) is 10. The fourth-order valence-electron chi connectivity index (χ4n) is 3.18.